The molecule has 1 aromatic carbocycles. The van der Waals surface area contributed by atoms with Gasteiger partial charge in [-0.3, -0.25) is 0 Å². The van der Waals surface area contributed by atoms with Gasteiger partial charge in [-0.25, -0.2) is 0 Å². The number of benzene rings is 1. The molecule has 1 saturated carbocycles. The average Bonchev–Trinajstić information content (AvgIpc) is 2.61. The zero-order valence-electron chi connectivity index (χ0n) is 14.3. The molecule has 1 unspecified atom stereocenters. The number of hydrogen-bond donors (Lipinski definition) is 0. The molecule has 0 N–H and O–H groups in total. The van der Waals surface area contributed by atoms with Crippen LogP contribution in [-0.4, -0.2) is 33.2 Å². The van der Waals surface area contributed by atoms with Crippen LogP contribution in [0.25, 0.3) is 0 Å². The SMILES string of the molecule is COC1(OC)CCC(C#N)C[C@H]1c1ccc(OC(F)F)c(OC(F)F)c1. The Labute approximate surface area is 148 Å². The number of nitrogens with zero attached hydrogens (tertiary/aromatic N) is 1. The van der Waals surface area contributed by atoms with Crippen LogP contribution >= 0.6 is 0 Å². The molecule has 0 saturated heterocycles. The van der Waals surface area contributed by atoms with Crippen LogP contribution in [0.15, 0.2) is 18.2 Å². The third kappa shape index (κ3) is 4.37. The summed E-state index contributed by atoms with van der Waals surface area (Å²) in [5.74, 6) is -2.82. The van der Waals surface area contributed by atoms with Crippen molar-refractivity contribution < 1.29 is 36.5 Å². The minimum absolute atomic E-state index is 0.269. The van der Waals surface area contributed by atoms with E-state index in [-0.39, 0.29) is 5.92 Å². The quantitative estimate of drug-likeness (QED) is 0.524. The van der Waals surface area contributed by atoms with Crippen molar-refractivity contribution in [2.75, 3.05) is 14.2 Å². The summed E-state index contributed by atoms with van der Waals surface area (Å²) in [7, 11) is 2.90. The lowest BCUT2D eigenvalue weighted by molar-refractivity contribution is -0.238. The van der Waals surface area contributed by atoms with Crippen LogP contribution in [0, 0.1) is 17.2 Å². The normalized spacial score (nSPS) is 22.3. The molecule has 0 radical (unpaired) electrons. The van der Waals surface area contributed by atoms with Gasteiger partial charge in [-0.1, -0.05) is 6.07 Å². The molecule has 0 aliphatic heterocycles. The smallest absolute Gasteiger partial charge is 0.387 e. The Balaban J connectivity index is 2.44. The van der Waals surface area contributed by atoms with E-state index in [9.17, 15) is 22.8 Å². The Morgan fingerprint density at radius 2 is 1.69 bits per heavy atom. The molecule has 0 amide bonds. The lowest BCUT2D eigenvalue weighted by atomic mass is 9.74. The van der Waals surface area contributed by atoms with Crippen molar-refractivity contribution in [1.82, 2.24) is 0 Å². The fourth-order valence-corrected chi connectivity index (χ4v) is 3.33. The summed E-state index contributed by atoms with van der Waals surface area (Å²) in [5, 5.41) is 9.23. The van der Waals surface area contributed by atoms with E-state index in [4.69, 9.17) is 9.47 Å². The maximum Gasteiger partial charge on any atom is 0.387 e. The number of nitriles is 1. The molecule has 0 spiro atoms. The second kappa shape index (κ2) is 8.56. The van der Waals surface area contributed by atoms with Crippen LogP contribution in [-0.2, 0) is 9.47 Å². The second-order valence-corrected chi connectivity index (χ2v) is 5.84. The maximum atomic E-state index is 12.7. The van der Waals surface area contributed by atoms with E-state index >= 15 is 0 Å². The molecule has 5 nitrogen and oxygen atoms in total. The number of alkyl halides is 4. The van der Waals surface area contributed by atoms with Crippen molar-refractivity contribution >= 4 is 0 Å². The van der Waals surface area contributed by atoms with Crippen LogP contribution in [0.4, 0.5) is 17.6 Å². The maximum absolute atomic E-state index is 12.7. The topological polar surface area (TPSA) is 60.7 Å². The van der Waals surface area contributed by atoms with Crippen molar-refractivity contribution in [2.45, 2.75) is 44.2 Å². The van der Waals surface area contributed by atoms with Gasteiger partial charge in [0.25, 0.3) is 0 Å². The number of ether oxygens (including phenoxy) is 4. The lowest BCUT2D eigenvalue weighted by Crippen LogP contribution is -2.44. The van der Waals surface area contributed by atoms with Gasteiger partial charge >= 0.3 is 13.2 Å². The molecule has 144 valence electrons. The lowest BCUT2D eigenvalue weighted by Gasteiger charge is -2.43. The Morgan fingerprint density at radius 1 is 1.08 bits per heavy atom. The highest BCUT2D eigenvalue weighted by Crippen LogP contribution is 2.47. The first-order valence-corrected chi connectivity index (χ1v) is 7.88. The molecule has 1 aliphatic carbocycles. The molecule has 1 aromatic rings. The average molecular weight is 377 g/mol. The summed E-state index contributed by atoms with van der Waals surface area (Å²) in [6.07, 6.45) is 1.34. The largest absolute Gasteiger partial charge is 0.431 e. The van der Waals surface area contributed by atoms with Gasteiger partial charge in [0.2, 0.25) is 0 Å². The Bertz CT molecular complexity index is 646. The van der Waals surface area contributed by atoms with Gasteiger partial charge in [-0.15, -0.1) is 0 Å². The zero-order valence-corrected chi connectivity index (χ0v) is 14.3. The summed E-state index contributed by atoms with van der Waals surface area (Å²) in [6, 6.07) is 5.97. The molecule has 0 bridgehead atoms. The fourth-order valence-electron chi connectivity index (χ4n) is 3.33. The zero-order chi connectivity index (χ0) is 19.3. The summed E-state index contributed by atoms with van der Waals surface area (Å²) >= 11 is 0. The van der Waals surface area contributed by atoms with Crippen LogP contribution in [0.3, 0.4) is 0 Å². The summed E-state index contributed by atoms with van der Waals surface area (Å²) in [5.41, 5.74) is 0.464. The number of rotatable bonds is 7. The van der Waals surface area contributed by atoms with Crippen LogP contribution in [0.5, 0.6) is 11.5 Å². The number of halogens is 4. The van der Waals surface area contributed by atoms with Crippen LogP contribution in [0.2, 0.25) is 0 Å². The van der Waals surface area contributed by atoms with E-state index in [1.807, 2.05) is 0 Å². The first kappa shape index (κ1) is 20.3. The molecular formula is C17H19F4NO4. The third-order valence-electron chi connectivity index (χ3n) is 4.57. The van der Waals surface area contributed by atoms with Crippen molar-refractivity contribution in [1.29, 1.82) is 5.26 Å². The molecule has 1 aliphatic rings. The first-order chi connectivity index (χ1) is 12.3. The van der Waals surface area contributed by atoms with Crippen molar-refractivity contribution in [3.8, 4) is 17.6 Å². The fraction of sp³-hybridized carbons (Fsp3) is 0.588. The van der Waals surface area contributed by atoms with E-state index in [1.54, 1.807) is 0 Å². The number of methoxy groups -OCH3 is 2. The first-order valence-electron chi connectivity index (χ1n) is 7.88. The van der Waals surface area contributed by atoms with Gasteiger partial charge in [-0.05, 0) is 30.5 Å². The monoisotopic (exact) mass is 377 g/mol. The van der Waals surface area contributed by atoms with Gasteiger partial charge in [0.1, 0.15) is 0 Å². The summed E-state index contributed by atoms with van der Waals surface area (Å²) < 4.78 is 69.9. The predicted octanol–water partition coefficient (Wildman–Crippen LogP) is 4.29. The molecule has 26 heavy (non-hydrogen) atoms. The minimum Gasteiger partial charge on any atom is -0.431 e. The molecule has 9 heteroatoms. The van der Waals surface area contributed by atoms with E-state index in [2.05, 4.69) is 15.5 Å². The van der Waals surface area contributed by atoms with Crippen LogP contribution in [0.1, 0.15) is 30.7 Å². The Hall–Kier alpha value is -2.05. The van der Waals surface area contributed by atoms with E-state index in [1.165, 1.54) is 26.4 Å². The Kier molecular flexibility index (Phi) is 6.67. The summed E-state index contributed by atoms with van der Waals surface area (Å²) in [4.78, 5) is 0. The van der Waals surface area contributed by atoms with Crippen molar-refractivity contribution in [3.05, 3.63) is 23.8 Å². The Morgan fingerprint density at radius 3 is 2.23 bits per heavy atom. The molecule has 0 heterocycles. The molecule has 1 fully saturated rings. The van der Waals surface area contributed by atoms with Gasteiger partial charge < -0.3 is 18.9 Å². The molecular weight excluding hydrogens is 358 g/mol. The third-order valence-corrected chi connectivity index (χ3v) is 4.57. The molecule has 0 aromatic heterocycles. The molecule has 2 rings (SSSR count). The molecule has 2 atom stereocenters. The van der Waals surface area contributed by atoms with Gasteiger partial charge in [0.15, 0.2) is 17.3 Å². The van der Waals surface area contributed by atoms with Gasteiger partial charge in [-0.2, -0.15) is 22.8 Å². The van der Waals surface area contributed by atoms with Crippen LogP contribution < -0.4 is 9.47 Å². The minimum atomic E-state index is -3.21. The number of hydrogen-bond acceptors (Lipinski definition) is 5. The van der Waals surface area contributed by atoms with E-state index < -0.39 is 36.4 Å². The van der Waals surface area contributed by atoms with Crippen molar-refractivity contribution in [2.24, 2.45) is 5.92 Å². The highest BCUT2D eigenvalue weighted by Gasteiger charge is 2.45. The van der Waals surface area contributed by atoms with Gasteiger partial charge in [0.05, 0.1) is 6.07 Å². The van der Waals surface area contributed by atoms with E-state index in [0.717, 1.165) is 6.07 Å². The summed E-state index contributed by atoms with van der Waals surface area (Å²) in [6.45, 7) is -6.39. The highest BCUT2D eigenvalue weighted by atomic mass is 19.3. The second-order valence-electron chi connectivity index (χ2n) is 5.84. The predicted molar refractivity (Wildman–Crippen MR) is 82.2 cm³/mol. The highest BCUT2D eigenvalue weighted by molar-refractivity contribution is 5.45. The van der Waals surface area contributed by atoms with Crippen molar-refractivity contribution in [3.63, 3.8) is 0 Å². The van der Waals surface area contributed by atoms with Gasteiger partial charge in [0, 0.05) is 32.5 Å². The standard InChI is InChI=1S/C17H19F4NO4/c1-23-17(24-2)6-5-10(9-22)7-12(17)11-3-4-13(25-15(18)19)14(8-11)26-16(20)21/h3-4,8,10,12,15-16H,5-7H2,1-2H3/t10?,12-/m0/s1. The van der Waals surface area contributed by atoms with E-state index in [0.29, 0.717) is 24.8 Å².